The fraction of sp³-hybridized carbons (Fsp3) is 0.175. The molecule has 3 heterocycles. The van der Waals surface area contributed by atoms with Gasteiger partial charge in [-0.25, -0.2) is 4.98 Å². The Balaban J connectivity index is 1.01. The summed E-state index contributed by atoms with van der Waals surface area (Å²) in [5.41, 5.74) is 9.73. The Morgan fingerprint density at radius 3 is 1.97 bits per heavy atom. The molecule has 62 heavy (non-hydrogen) atoms. The highest BCUT2D eigenvalue weighted by atomic mass is 16.5. The van der Waals surface area contributed by atoms with Gasteiger partial charge in [-0.05, 0) is 118 Å². The normalized spacial score (nSPS) is 15.0. The highest BCUT2D eigenvalue weighted by molar-refractivity contribution is 6.09. The van der Waals surface area contributed by atoms with Crippen LogP contribution in [0, 0.1) is 6.85 Å². The summed E-state index contributed by atoms with van der Waals surface area (Å²) >= 11 is 0. The van der Waals surface area contributed by atoms with Crippen LogP contribution in [0.15, 0.2) is 176 Å². The Hall–Kier alpha value is -7.11. The lowest BCUT2D eigenvalue weighted by Crippen LogP contribution is -2.25. The number of aromatic nitrogens is 2. The minimum Gasteiger partial charge on any atom is -0.457 e. The van der Waals surface area contributed by atoms with Gasteiger partial charge in [0.05, 0.1) is 29.3 Å². The van der Waals surface area contributed by atoms with Crippen LogP contribution in [0.2, 0.25) is 0 Å². The van der Waals surface area contributed by atoms with Gasteiger partial charge in [-0.15, -0.1) is 0 Å². The molecule has 7 aromatic carbocycles. The molecule has 0 unspecified atom stereocenters. The second-order valence-electron chi connectivity index (χ2n) is 18.1. The van der Waals surface area contributed by atoms with Crippen molar-refractivity contribution in [2.75, 3.05) is 16.5 Å². The Morgan fingerprint density at radius 2 is 1.23 bits per heavy atom. The first-order valence-electron chi connectivity index (χ1n) is 25.0. The number of nitrogens with zero attached hydrogens (tertiary/aromatic N) is 4. The van der Waals surface area contributed by atoms with Gasteiger partial charge in [-0.1, -0.05) is 132 Å². The molecule has 0 saturated carbocycles. The summed E-state index contributed by atoms with van der Waals surface area (Å²) in [5, 5.41) is 1.89. The number of aryl methyl sites for hydroxylation is 1. The Labute approximate surface area is 376 Å². The number of fused-ring (bicyclic) bond motifs is 4. The lowest BCUT2D eigenvalue weighted by molar-refractivity contribution is 0.483. The van der Waals surface area contributed by atoms with Crippen molar-refractivity contribution in [3.05, 3.63) is 193 Å². The van der Waals surface area contributed by atoms with Crippen molar-refractivity contribution in [3.8, 4) is 39.6 Å². The van der Waals surface area contributed by atoms with E-state index < -0.39 is 25.0 Å². The van der Waals surface area contributed by atoms with Crippen LogP contribution in [0.5, 0.6) is 11.5 Å². The third-order valence-electron chi connectivity index (χ3n) is 11.8. The van der Waals surface area contributed by atoms with Gasteiger partial charge in [0.15, 0.2) is 0 Å². The van der Waals surface area contributed by atoms with Crippen molar-refractivity contribution in [2.24, 2.45) is 0 Å². The van der Waals surface area contributed by atoms with E-state index in [9.17, 15) is 0 Å². The molecule has 9 aromatic rings. The van der Waals surface area contributed by atoms with Crippen molar-refractivity contribution in [3.63, 3.8) is 0 Å². The van der Waals surface area contributed by atoms with E-state index >= 15 is 0 Å². The zero-order valence-corrected chi connectivity index (χ0v) is 35.8. The number of pyridine rings is 1. The molecule has 1 aliphatic heterocycles. The first-order valence-corrected chi connectivity index (χ1v) is 21.0. The van der Waals surface area contributed by atoms with Crippen molar-refractivity contribution < 1.29 is 15.7 Å². The van der Waals surface area contributed by atoms with E-state index in [4.69, 9.17) is 20.7 Å². The van der Waals surface area contributed by atoms with Gasteiger partial charge in [-0.2, -0.15) is 0 Å². The van der Waals surface area contributed by atoms with Gasteiger partial charge in [0.25, 0.3) is 0 Å². The van der Waals surface area contributed by atoms with Crippen molar-refractivity contribution >= 4 is 44.6 Å². The molecule has 2 aromatic heterocycles. The molecule has 0 aliphatic carbocycles. The van der Waals surface area contributed by atoms with Crippen molar-refractivity contribution in [2.45, 2.75) is 59.2 Å². The van der Waals surface area contributed by atoms with Crippen LogP contribution in [0.1, 0.15) is 69.2 Å². The van der Waals surface area contributed by atoms with E-state index in [1.807, 2.05) is 59.2 Å². The third kappa shape index (κ3) is 7.17. The summed E-state index contributed by atoms with van der Waals surface area (Å²) in [6.45, 7) is 11.6. The summed E-state index contributed by atoms with van der Waals surface area (Å²) in [6.07, 6.45) is 1.53. The number of rotatable bonds is 7. The average molecular weight is 817 g/mol. The second-order valence-corrected chi connectivity index (χ2v) is 18.1. The zero-order valence-electron chi connectivity index (χ0n) is 43.8. The molecule has 5 nitrogen and oxygen atoms in total. The predicted octanol–water partition coefficient (Wildman–Crippen LogP) is 15.5. The molecule has 0 fully saturated rings. The van der Waals surface area contributed by atoms with Crippen LogP contribution < -0.4 is 14.5 Å². The van der Waals surface area contributed by atoms with E-state index in [0.717, 1.165) is 44.6 Å². The minimum absolute atomic E-state index is 0.0296. The quantitative estimate of drug-likeness (QED) is 0.160. The molecule has 1 aliphatic rings. The number of benzene rings is 7. The summed E-state index contributed by atoms with van der Waals surface area (Å²) in [7, 11) is 0. The smallest absolute Gasteiger partial charge is 0.137 e. The lowest BCUT2D eigenvalue weighted by Gasteiger charge is -2.29. The van der Waals surface area contributed by atoms with Crippen molar-refractivity contribution in [1.82, 2.24) is 9.55 Å². The van der Waals surface area contributed by atoms with Gasteiger partial charge in [0, 0.05) is 50.2 Å². The molecule has 0 spiro atoms. The molecule has 0 amide bonds. The zero-order chi connectivity index (χ0) is 49.6. The molecule has 0 N–H and O–H groups in total. The number of hydrogen-bond donors (Lipinski definition) is 0. The van der Waals surface area contributed by atoms with Crippen LogP contribution in [0.25, 0.3) is 49.9 Å². The van der Waals surface area contributed by atoms with Gasteiger partial charge < -0.3 is 14.5 Å². The molecule has 0 saturated heterocycles. The molecule has 306 valence electrons. The largest absolute Gasteiger partial charge is 0.457 e. The molecular weight excluding hydrogens is 757 g/mol. The third-order valence-corrected chi connectivity index (χ3v) is 11.8. The van der Waals surface area contributed by atoms with Gasteiger partial charge in [-0.3, -0.25) is 4.57 Å². The van der Waals surface area contributed by atoms with E-state index in [0.29, 0.717) is 40.7 Å². The van der Waals surface area contributed by atoms with Crippen LogP contribution >= 0.6 is 0 Å². The highest BCUT2D eigenvalue weighted by Crippen LogP contribution is 2.46. The number of anilines is 4. The second kappa shape index (κ2) is 15.1. The SMILES string of the molecule is [2H]c1c([2H])c([2H])c(-c2cccc(-c3cnc(-n4c5ccccc5c5ccc(Oc6cccc(N7CN(c8cc(C(C)(C)C)cc(C(C)(C)C)c8)c8ccccc87)c6)cc54)cc3C([2H])([2H])[2H])c2)c([2H])c1[2H]. The Bertz CT molecular complexity index is 3490. The van der Waals surface area contributed by atoms with E-state index in [1.165, 1.54) is 17.3 Å². The molecule has 10 rings (SSSR count). The average Bonchev–Trinajstić information content (AvgIpc) is 3.88. The number of ether oxygens (including phenoxy) is 1. The highest BCUT2D eigenvalue weighted by Gasteiger charge is 2.30. The maximum atomic E-state index is 8.71. The summed E-state index contributed by atoms with van der Waals surface area (Å²) in [4.78, 5) is 9.60. The van der Waals surface area contributed by atoms with Gasteiger partial charge >= 0.3 is 0 Å². The van der Waals surface area contributed by atoms with Crippen molar-refractivity contribution in [1.29, 1.82) is 0 Å². The monoisotopic (exact) mass is 816 g/mol. The Kier molecular flexibility index (Phi) is 7.52. The first kappa shape index (κ1) is 30.8. The Morgan fingerprint density at radius 1 is 0.565 bits per heavy atom. The topological polar surface area (TPSA) is 33.5 Å². The fourth-order valence-electron chi connectivity index (χ4n) is 8.43. The number of hydrogen-bond acceptors (Lipinski definition) is 4. The van der Waals surface area contributed by atoms with E-state index in [2.05, 4.69) is 106 Å². The first-order chi connectivity index (χ1) is 33.2. The maximum absolute atomic E-state index is 8.71. The molecule has 0 radical (unpaired) electrons. The van der Waals surface area contributed by atoms with Gasteiger partial charge in [0.1, 0.15) is 24.0 Å². The lowest BCUT2D eigenvalue weighted by atomic mass is 9.80. The minimum atomic E-state index is -2.57. The maximum Gasteiger partial charge on any atom is 0.137 e. The fourth-order valence-corrected chi connectivity index (χ4v) is 8.43. The van der Waals surface area contributed by atoms with Crippen LogP contribution in [0.4, 0.5) is 22.7 Å². The number of para-hydroxylation sites is 3. The van der Waals surface area contributed by atoms with Crippen LogP contribution in [-0.4, -0.2) is 16.2 Å². The van der Waals surface area contributed by atoms with Crippen LogP contribution in [-0.2, 0) is 10.8 Å². The molecule has 0 bridgehead atoms. The molecule has 0 atom stereocenters. The molecular formula is C57H52N4O. The summed E-state index contributed by atoms with van der Waals surface area (Å²) < 4.78 is 76.4. The van der Waals surface area contributed by atoms with Crippen LogP contribution in [0.3, 0.4) is 0 Å². The van der Waals surface area contributed by atoms with Gasteiger partial charge in [0.2, 0.25) is 0 Å². The van der Waals surface area contributed by atoms with E-state index in [1.54, 1.807) is 30.3 Å². The standard InChI is InChI=1S/C57H52N4O/c1-38-29-55(58-36-50(38)41-20-15-19-40(30-41)39-17-9-8-10-18-39)61-51-24-12-11-23-48(51)49-28-27-47(35-54(49)61)62-46-22-16-21-44(34-46)59-37-60(53-26-14-13-25-52(53)59)45-32-42(56(2,3)4)31-43(33-45)57(5,6)7/h8-36H,37H2,1-7H3/i1D3,8D,9D,10D,17D,18D. The summed E-state index contributed by atoms with van der Waals surface area (Å²) in [6, 6.07) is 43.7. The molecule has 5 heteroatoms. The summed E-state index contributed by atoms with van der Waals surface area (Å²) in [5.74, 6) is 1.63. The van der Waals surface area contributed by atoms with E-state index in [-0.39, 0.29) is 34.0 Å². The predicted molar refractivity (Wildman–Crippen MR) is 260 cm³/mol.